The van der Waals surface area contributed by atoms with Gasteiger partial charge in [-0.2, -0.15) is 0 Å². The van der Waals surface area contributed by atoms with E-state index in [1.807, 2.05) is 30.3 Å². The number of esters is 1. The quantitative estimate of drug-likeness (QED) is 0.334. The van der Waals surface area contributed by atoms with Crippen LogP contribution in [0.1, 0.15) is 18.1 Å². The summed E-state index contributed by atoms with van der Waals surface area (Å²) in [7, 11) is 1.28. The third-order valence-electron chi connectivity index (χ3n) is 5.35. The van der Waals surface area contributed by atoms with E-state index in [0.717, 1.165) is 12.0 Å². The zero-order valence-corrected chi connectivity index (χ0v) is 19.4. The fourth-order valence-corrected chi connectivity index (χ4v) is 3.59. The summed E-state index contributed by atoms with van der Waals surface area (Å²) in [5.41, 5.74) is 2.89. The SMILES string of the molecule is C=CCN1C(=O)/C(=C\c2ccc(OCC(=O)NCCc3ccccc3)cc2)C(C(=O)OC)=C1C. The first-order chi connectivity index (χ1) is 16.4. The smallest absolute Gasteiger partial charge is 0.340 e. The number of amides is 2. The van der Waals surface area contributed by atoms with Crippen LogP contribution in [-0.2, 0) is 25.5 Å². The van der Waals surface area contributed by atoms with Gasteiger partial charge in [-0.25, -0.2) is 4.79 Å². The fraction of sp³-hybridized carbons (Fsp3) is 0.222. The van der Waals surface area contributed by atoms with Gasteiger partial charge in [0, 0.05) is 18.8 Å². The van der Waals surface area contributed by atoms with E-state index in [-0.39, 0.29) is 29.6 Å². The Balaban J connectivity index is 1.60. The van der Waals surface area contributed by atoms with Crippen LogP contribution in [0.2, 0.25) is 0 Å². The van der Waals surface area contributed by atoms with Gasteiger partial charge in [0.2, 0.25) is 0 Å². The van der Waals surface area contributed by atoms with Crippen molar-refractivity contribution in [2.24, 2.45) is 0 Å². The van der Waals surface area contributed by atoms with E-state index in [1.165, 1.54) is 12.0 Å². The Kier molecular flexibility index (Phi) is 8.40. The summed E-state index contributed by atoms with van der Waals surface area (Å²) in [6.07, 6.45) is 3.99. The monoisotopic (exact) mass is 460 g/mol. The summed E-state index contributed by atoms with van der Waals surface area (Å²) in [6, 6.07) is 16.8. The molecule has 2 amide bonds. The highest BCUT2D eigenvalue weighted by molar-refractivity contribution is 6.16. The molecule has 176 valence electrons. The van der Waals surface area contributed by atoms with Crippen LogP contribution in [0.15, 0.2) is 84.1 Å². The summed E-state index contributed by atoms with van der Waals surface area (Å²) < 4.78 is 10.4. The predicted octanol–water partition coefficient (Wildman–Crippen LogP) is 3.28. The maximum Gasteiger partial charge on any atom is 0.340 e. The van der Waals surface area contributed by atoms with Crippen molar-refractivity contribution in [1.82, 2.24) is 10.2 Å². The maximum absolute atomic E-state index is 12.9. The van der Waals surface area contributed by atoms with Crippen molar-refractivity contribution in [2.45, 2.75) is 13.3 Å². The molecule has 2 aromatic carbocycles. The molecule has 0 spiro atoms. The van der Waals surface area contributed by atoms with Crippen molar-refractivity contribution >= 4 is 23.9 Å². The van der Waals surface area contributed by atoms with E-state index in [2.05, 4.69) is 11.9 Å². The normalized spacial score (nSPS) is 14.4. The highest BCUT2D eigenvalue weighted by atomic mass is 16.5. The molecule has 2 aromatic rings. The van der Waals surface area contributed by atoms with Crippen LogP contribution < -0.4 is 10.1 Å². The molecule has 1 heterocycles. The minimum atomic E-state index is -0.568. The largest absolute Gasteiger partial charge is 0.484 e. The molecule has 0 atom stereocenters. The van der Waals surface area contributed by atoms with E-state index in [0.29, 0.717) is 30.1 Å². The zero-order chi connectivity index (χ0) is 24.5. The molecule has 0 radical (unpaired) electrons. The molecule has 0 saturated carbocycles. The fourth-order valence-electron chi connectivity index (χ4n) is 3.59. The van der Waals surface area contributed by atoms with Gasteiger partial charge in [0.25, 0.3) is 11.8 Å². The number of hydrogen-bond donors (Lipinski definition) is 1. The summed E-state index contributed by atoms with van der Waals surface area (Å²) in [5, 5.41) is 2.83. The Hall–Kier alpha value is -4.13. The molecule has 3 rings (SSSR count). The van der Waals surface area contributed by atoms with Gasteiger partial charge in [-0.15, -0.1) is 6.58 Å². The molecule has 1 aliphatic heterocycles. The number of nitrogens with one attached hydrogen (secondary N) is 1. The molecule has 1 N–H and O–H groups in total. The molecule has 1 aliphatic rings. The van der Waals surface area contributed by atoms with Gasteiger partial charge in [-0.1, -0.05) is 48.5 Å². The second-order valence-electron chi connectivity index (χ2n) is 7.66. The van der Waals surface area contributed by atoms with E-state index in [1.54, 1.807) is 43.3 Å². The molecule has 0 unspecified atom stereocenters. The molecule has 0 saturated heterocycles. The lowest BCUT2D eigenvalue weighted by Gasteiger charge is -2.14. The summed E-state index contributed by atoms with van der Waals surface area (Å²) in [4.78, 5) is 38.7. The lowest BCUT2D eigenvalue weighted by atomic mass is 10.0. The molecule has 0 aliphatic carbocycles. The molecule has 34 heavy (non-hydrogen) atoms. The highest BCUT2D eigenvalue weighted by Crippen LogP contribution is 2.31. The second kappa shape index (κ2) is 11.7. The van der Waals surface area contributed by atoms with Crippen LogP contribution in [0.25, 0.3) is 6.08 Å². The lowest BCUT2D eigenvalue weighted by Crippen LogP contribution is -2.30. The van der Waals surface area contributed by atoms with Crippen molar-refractivity contribution in [1.29, 1.82) is 0 Å². The summed E-state index contributed by atoms with van der Waals surface area (Å²) in [6.45, 7) is 6.10. The predicted molar refractivity (Wildman–Crippen MR) is 130 cm³/mol. The van der Waals surface area contributed by atoms with E-state index < -0.39 is 5.97 Å². The van der Waals surface area contributed by atoms with Gasteiger partial charge >= 0.3 is 5.97 Å². The number of carbonyl (C=O) groups is 3. The number of methoxy groups -OCH3 is 1. The third-order valence-corrected chi connectivity index (χ3v) is 5.35. The number of hydrogen-bond acceptors (Lipinski definition) is 5. The van der Waals surface area contributed by atoms with Crippen molar-refractivity contribution in [3.05, 3.63) is 95.2 Å². The van der Waals surface area contributed by atoms with Gasteiger partial charge < -0.3 is 19.7 Å². The Morgan fingerprint density at radius 2 is 1.79 bits per heavy atom. The van der Waals surface area contributed by atoms with Gasteiger partial charge in [-0.3, -0.25) is 9.59 Å². The number of rotatable bonds is 10. The molecular formula is C27H28N2O5. The van der Waals surface area contributed by atoms with Crippen LogP contribution in [0.3, 0.4) is 0 Å². The second-order valence-corrected chi connectivity index (χ2v) is 7.66. The average Bonchev–Trinajstić information content (AvgIpc) is 3.08. The minimum Gasteiger partial charge on any atom is -0.484 e. The minimum absolute atomic E-state index is 0.0986. The molecule has 0 aromatic heterocycles. The van der Waals surface area contributed by atoms with Crippen LogP contribution >= 0.6 is 0 Å². The van der Waals surface area contributed by atoms with Crippen LogP contribution in [0.5, 0.6) is 5.75 Å². The van der Waals surface area contributed by atoms with Crippen molar-refractivity contribution in [3.63, 3.8) is 0 Å². The first-order valence-electron chi connectivity index (χ1n) is 10.9. The van der Waals surface area contributed by atoms with Crippen molar-refractivity contribution in [2.75, 3.05) is 26.8 Å². The highest BCUT2D eigenvalue weighted by Gasteiger charge is 2.36. The van der Waals surface area contributed by atoms with Crippen molar-refractivity contribution < 1.29 is 23.9 Å². The Morgan fingerprint density at radius 1 is 1.09 bits per heavy atom. The average molecular weight is 461 g/mol. The van der Waals surface area contributed by atoms with Crippen LogP contribution in [0.4, 0.5) is 0 Å². The first-order valence-corrected chi connectivity index (χ1v) is 10.9. The number of carbonyl (C=O) groups excluding carboxylic acids is 3. The third kappa shape index (κ3) is 6.01. The summed E-state index contributed by atoms with van der Waals surface area (Å²) in [5.74, 6) is -0.539. The molecule has 0 bridgehead atoms. The number of allylic oxidation sites excluding steroid dienone is 1. The topological polar surface area (TPSA) is 84.9 Å². The number of benzene rings is 2. The van der Waals surface area contributed by atoms with E-state index in [9.17, 15) is 14.4 Å². The Labute approximate surface area is 199 Å². The van der Waals surface area contributed by atoms with Gasteiger partial charge in [0.15, 0.2) is 6.61 Å². The number of nitrogens with zero attached hydrogens (tertiary/aromatic N) is 1. The lowest BCUT2D eigenvalue weighted by molar-refractivity contribution is -0.136. The summed E-state index contributed by atoms with van der Waals surface area (Å²) >= 11 is 0. The van der Waals surface area contributed by atoms with Crippen molar-refractivity contribution in [3.8, 4) is 5.75 Å². The first kappa shape index (κ1) is 24.5. The molecule has 0 fully saturated rings. The Bertz CT molecular complexity index is 1120. The number of ether oxygens (including phenoxy) is 2. The van der Waals surface area contributed by atoms with Gasteiger partial charge in [0.1, 0.15) is 5.75 Å². The zero-order valence-electron chi connectivity index (χ0n) is 19.4. The van der Waals surface area contributed by atoms with E-state index in [4.69, 9.17) is 9.47 Å². The molecule has 7 heteroatoms. The standard InChI is InChI=1S/C27H28N2O5/c1-4-16-29-19(2)25(27(32)33-3)23(26(29)31)17-21-10-12-22(13-11-21)34-18-24(30)28-15-14-20-8-6-5-7-9-20/h4-13,17H,1,14-16,18H2,2-3H3,(H,28,30)/b23-17-. The van der Waals surface area contributed by atoms with E-state index >= 15 is 0 Å². The molecular weight excluding hydrogens is 432 g/mol. The van der Waals surface area contributed by atoms with Crippen LogP contribution in [-0.4, -0.2) is 49.5 Å². The Morgan fingerprint density at radius 3 is 2.44 bits per heavy atom. The van der Waals surface area contributed by atoms with Gasteiger partial charge in [-0.05, 0) is 42.7 Å². The molecule has 7 nitrogen and oxygen atoms in total. The van der Waals surface area contributed by atoms with Gasteiger partial charge in [0.05, 0.1) is 18.3 Å². The maximum atomic E-state index is 12.9. The van der Waals surface area contributed by atoms with Crippen LogP contribution in [0, 0.1) is 0 Å².